The van der Waals surface area contributed by atoms with Crippen molar-refractivity contribution in [1.29, 1.82) is 0 Å². The first-order valence-electron chi connectivity index (χ1n) is 9.53. The molecule has 2 heterocycles. The maximum absolute atomic E-state index is 5.89. The van der Waals surface area contributed by atoms with Gasteiger partial charge in [0.2, 0.25) is 0 Å². The molecule has 0 bridgehead atoms. The molecule has 1 saturated heterocycles. The third kappa shape index (κ3) is 10.0. The van der Waals surface area contributed by atoms with E-state index >= 15 is 0 Å². The predicted octanol–water partition coefficient (Wildman–Crippen LogP) is 3.48. The number of nitrogens with one attached hydrogen (secondary N) is 3. The molecular formula is C21H35Cl4N5. The summed E-state index contributed by atoms with van der Waals surface area (Å²) < 4.78 is 0. The molecule has 1 aromatic carbocycles. The van der Waals surface area contributed by atoms with E-state index in [1.54, 1.807) is 0 Å². The van der Waals surface area contributed by atoms with Crippen molar-refractivity contribution < 1.29 is 0 Å². The van der Waals surface area contributed by atoms with Crippen molar-refractivity contribution in [3.63, 3.8) is 0 Å². The van der Waals surface area contributed by atoms with Gasteiger partial charge in [0.1, 0.15) is 5.82 Å². The Morgan fingerprint density at radius 3 is 2.47 bits per heavy atom. The second kappa shape index (κ2) is 15.9. The van der Waals surface area contributed by atoms with Crippen LogP contribution in [0.15, 0.2) is 36.4 Å². The minimum Gasteiger partial charge on any atom is -0.384 e. The van der Waals surface area contributed by atoms with Gasteiger partial charge in [-0.2, -0.15) is 0 Å². The number of nitrogens with two attached hydrogens (primary N) is 1. The summed E-state index contributed by atoms with van der Waals surface area (Å²) >= 11 is 0. The number of pyridine rings is 1. The number of benzene rings is 1. The average Bonchev–Trinajstić information content (AvgIpc) is 3.01. The van der Waals surface area contributed by atoms with Crippen LogP contribution in [0.25, 0.3) is 0 Å². The Labute approximate surface area is 205 Å². The monoisotopic (exact) mass is 497 g/mol. The largest absolute Gasteiger partial charge is 0.384 e. The highest BCUT2D eigenvalue weighted by Gasteiger charge is 2.26. The molecule has 0 amide bonds. The summed E-state index contributed by atoms with van der Waals surface area (Å²) in [5.74, 6) is 1.18. The van der Waals surface area contributed by atoms with E-state index in [1.807, 2.05) is 6.07 Å². The van der Waals surface area contributed by atoms with Crippen molar-refractivity contribution in [2.45, 2.75) is 32.9 Å². The van der Waals surface area contributed by atoms with Gasteiger partial charge in [-0.25, -0.2) is 4.98 Å². The molecular weight excluding hydrogens is 464 g/mol. The molecule has 1 aromatic heterocycles. The van der Waals surface area contributed by atoms with Crippen LogP contribution >= 0.6 is 49.6 Å². The average molecular weight is 499 g/mol. The van der Waals surface area contributed by atoms with E-state index in [1.165, 1.54) is 16.7 Å². The SMILES string of the molecule is Cc1cccc(CNCCN[C@@H]2CNC[C@@H]2Cc2cc(C)cc(N)n2)c1.Cl.Cl.Cl.Cl. The Balaban J connectivity index is 0. The first-order chi connectivity index (χ1) is 12.6. The lowest BCUT2D eigenvalue weighted by molar-refractivity contribution is 0.419. The number of nitrogen functional groups attached to an aromatic ring is 1. The van der Waals surface area contributed by atoms with Crippen LogP contribution in [-0.4, -0.2) is 37.2 Å². The molecule has 0 saturated carbocycles. The van der Waals surface area contributed by atoms with Gasteiger partial charge in [-0.05, 0) is 56.0 Å². The Kier molecular flexibility index (Phi) is 16.7. The first kappa shape index (κ1) is 31.4. The van der Waals surface area contributed by atoms with Crippen LogP contribution in [0, 0.1) is 19.8 Å². The van der Waals surface area contributed by atoms with E-state index in [0.717, 1.165) is 44.8 Å². The van der Waals surface area contributed by atoms with Gasteiger partial charge in [0.05, 0.1) is 0 Å². The van der Waals surface area contributed by atoms with Crippen molar-refractivity contribution in [1.82, 2.24) is 20.9 Å². The Bertz CT molecular complexity index is 712. The molecule has 0 radical (unpaired) electrons. The third-order valence-corrected chi connectivity index (χ3v) is 4.97. The summed E-state index contributed by atoms with van der Waals surface area (Å²) in [7, 11) is 0. The van der Waals surface area contributed by atoms with Gasteiger partial charge in [0, 0.05) is 37.9 Å². The second-order valence-electron chi connectivity index (χ2n) is 7.41. The van der Waals surface area contributed by atoms with Crippen molar-refractivity contribution in [3.8, 4) is 0 Å². The molecule has 3 rings (SSSR count). The van der Waals surface area contributed by atoms with E-state index in [9.17, 15) is 0 Å². The summed E-state index contributed by atoms with van der Waals surface area (Å²) in [5, 5.41) is 10.7. The molecule has 9 heteroatoms. The number of aryl methyl sites for hydroxylation is 2. The van der Waals surface area contributed by atoms with Gasteiger partial charge < -0.3 is 21.7 Å². The zero-order chi connectivity index (χ0) is 18.4. The van der Waals surface area contributed by atoms with E-state index in [2.05, 4.69) is 65.1 Å². The molecule has 30 heavy (non-hydrogen) atoms. The minimum absolute atomic E-state index is 0. The van der Waals surface area contributed by atoms with Gasteiger partial charge in [0.15, 0.2) is 0 Å². The summed E-state index contributed by atoms with van der Waals surface area (Å²) in [6, 6.07) is 13.2. The van der Waals surface area contributed by atoms with Crippen LogP contribution in [0.2, 0.25) is 0 Å². The summed E-state index contributed by atoms with van der Waals surface area (Å²) in [5.41, 5.74) is 10.8. The normalized spacial score (nSPS) is 17.1. The zero-order valence-corrected chi connectivity index (χ0v) is 20.8. The van der Waals surface area contributed by atoms with Crippen LogP contribution in [0.1, 0.15) is 22.4 Å². The fraction of sp³-hybridized carbons (Fsp3) is 0.476. The van der Waals surface area contributed by atoms with Crippen molar-refractivity contribution >= 4 is 55.4 Å². The molecule has 2 aromatic rings. The Hall–Kier alpha value is -0.790. The van der Waals surface area contributed by atoms with Gasteiger partial charge in [0.25, 0.3) is 0 Å². The van der Waals surface area contributed by atoms with Crippen LogP contribution < -0.4 is 21.7 Å². The van der Waals surface area contributed by atoms with E-state index in [0.29, 0.717) is 17.8 Å². The fourth-order valence-corrected chi connectivity index (χ4v) is 3.73. The fourth-order valence-electron chi connectivity index (χ4n) is 3.73. The van der Waals surface area contributed by atoms with E-state index in [4.69, 9.17) is 5.73 Å². The maximum atomic E-state index is 5.89. The van der Waals surface area contributed by atoms with Gasteiger partial charge >= 0.3 is 0 Å². The summed E-state index contributed by atoms with van der Waals surface area (Å²) in [6.07, 6.45) is 0.966. The number of halogens is 4. The first-order valence-corrected chi connectivity index (χ1v) is 9.53. The quantitative estimate of drug-likeness (QED) is 0.419. The molecule has 0 unspecified atom stereocenters. The van der Waals surface area contributed by atoms with Crippen LogP contribution in [0.5, 0.6) is 0 Å². The highest BCUT2D eigenvalue weighted by atomic mass is 35.5. The number of hydrogen-bond donors (Lipinski definition) is 4. The zero-order valence-electron chi connectivity index (χ0n) is 17.5. The molecule has 1 aliphatic rings. The van der Waals surface area contributed by atoms with Gasteiger partial charge in [-0.3, -0.25) is 0 Å². The lowest BCUT2D eigenvalue weighted by Gasteiger charge is -2.20. The molecule has 5 nitrogen and oxygen atoms in total. The summed E-state index contributed by atoms with van der Waals surface area (Å²) in [6.45, 7) is 9.11. The standard InChI is InChI=1S/C21H31N5.4ClH/c1-15-4-3-5-17(8-15)12-23-6-7-25-20-14-24-13-18(20)11-19-9-16(2)10-21(22)26-19;;;;/h3-5,8-10,18,20,23-25H,6-7,11-14H2,1-2H3,(H2,22,26);4*1H/t18-,20+;;;;/m0..../s1. The highest BCUT2D eigenvalue weighted by Crippen LogP contribution is 2.17. The van der Waals surface area contributed by atoms with E-state index < -0.39 is 0 Å². The minimum atomic E-state index is 0. The number of nitrogens with zero attached hydrogens (tertiary/aromatic N) is 1. The highest BCUT2D eigenvalue weighted by molar-refractivity contribution is 5.86. The van der Waals surface area contributed by atoms with Crippen molar-refractivity contribution in [3.05, 3.63) is 58.8 Å². The smallest absolute Gasteiger partial charge is 0.123 e. The topological polar surface area (TPSA) is 75.0 Å². The lowest BCUT2D eigenvalue weighted by atomic mass is 9.97. The number of aromatic nitrogens is 1. The summed E-state index contributed by atoms with van der Waals surface area (Å²) in [4.78, 5) is 4.49. The number of rotatable bonds is 8. The Morgan fingerprint density at radius 2 is 1.77 bits per heavy atom. The van der Waals surface area contributed by atoms with Crippen molar-refractivity contribution in [2.24, 2.45) is 5.92 Å². The maximum Gasteiger partial charge on any atom is 0.123 e. The molecule has 5 N–H and O–H groups in total. The molecule has 0 aliphatic carbocycles. The predicted molar refractivity (Wildman–Crippen MR) is 137 cm³/mol. The molecule has 1 aliphatic heterocycles. The van der Waals surface area contributed by atoms with Crippen molar-refractivity contribution in [2.75, 3.05) is 31.9 Å². The molecule has 172 valence electrons. The van der Waals surface area contributed by atoms with Crippen LogP contribution in [0.4, 0.5) is 5.82 Å². The third-order valence-electron chi connectivity index (χ3n) is 4.97. The molecule has 1 fully saturated rings. The lowest BCUT2D eigenvalue weighted by Crippen LogP contribution is -2.40. The molecule has 2 atom stereocenters. The van der Waals surface area contributed by atoms with Gasteiger partial charge in [-0.15, -0.1) is 49.6 Å². The van der Waals surface area contributed by atoms with Crippen LogP contribution in [-0.2, 0) is 13.0 Å². The number of hydrogen-bond acceptors (Lipinski definition) is 5. The van der Waals surface area contributed by atoms with E-state index in [-0.39, 0.29) is 49.6 Å². The molecule has 0 spiro atoms. The second-order valence-corrected chi connectivity index (χ2v) is 7.41. The Morgan fingerprint density at radius 1 is 1.00 bits per heavy atom. The van der Waals surface area contributed by atoms with Gasteiger partial charge in [-0.1, -0.05) is 29.8 Å². The number of anilines is 1. The van der Waals surface area contributed by atoms with Crippen LogP contribution in [0.3, 0.4) is 0 Å².